The highest BCUT2D eigenvalue weighted by Crippen LogP contribution is 1.90. The molecule has 104 valence electrons. The minimum absolute atomic E-state index is 0.108. The van der Waals surface area contributed by atoms with Crippen molar-refractivity contribution >= 4 is 10.1 Å². The zero-order chi connectivity index (χ0) is 13.1. The van der Waals surface area contributed by atoms with Gasteiger partial charge >= 0.3 is 0 Å². The smallest absolute Gasteiger partial charge is 0.264 e. The third-order valence-corrected chi connectivity index (χ3v) is 3.19. The molecule has 1 heterocycles. The van der Waals surface area contributed by atoms with Gasteiger partial charge in [0.1, 0.15) is 0 Å². The largest absolute Gasteiger partial charge is 0.395 e. The molecule has 0 atom stereocenters. The zero-order valence-corrected chi connectivity index (χ0v) is 11.2. The number of β-amino-alcohol motifs (C(OH)–C–C–N with tert-alkyl or cyclic N) is 1. The fourth-order valence-corrected chi connectivity index (χ4v) is 2.06. The van der Waals surface area contributed by atoms with Gasteiger partial charge in [0.15, 0.2) is 0 Å². The molecule has 7 heteroatoms. The molecule has 0 aromatic heterocycles. The number of hydrogen-bond donors (Lipinski definition) is 3. The molecule has 1 aliphatic heterocycles. The van der Waals surface area contributed by atoms with Crippen molar-refractivity contribution in [3.05, 3.63) is 0 Å². The van der Waals surface area contributed by atoms with E-state index in [0.717, 1.165) is 39.1 Å². The van der Waals surface area contributed by atoms with Crippen LogP contribution in [0.4, 0.5) is 0 Å². The van der Waals surface area contributed by atoms with Crippen LogP contribution in [0.1, 0.15) is 19.8 Å². The fourth-order valence-electron chi connectivity index (χ4n) is 1.40. The van der Waals surface area contributed by atoms with Gasteiger partial charge in [-0.25, -0.2) is 0 Å². The van der Waals surface area contributed by atoms with E-state index in [-0.39, 0.29) is 5.75 Å². The van der Waals surface area contributed by atoms with E-state index in [4.69, 9.17) is 9.66 Å². The van der Waals surface area contributed by atoms with Crippen molar-refractivity contribution in [3.8, 4) is 0 Å². The summed E-state index contributed by atoms with van der Waals surface area (Å²) < 4.78 is 28.0. The lowest BCUT2D eigenvalue weighted by atomic mass is 10.4. The van der Waals surface area contributed by atoms with Crippen molar-refractivity contribution < 1.29 is 18.1 Å². The molecule has 1 rings (SSSR count). The average molecular weight is 268 g/mol. The molecular weight excluding hydrogens is 244 g/mol. The highest BCUT2D eigenvalue weighted by atomic mass is 32.2. The molecule has 0 saturated carbocycles. The molecule has 1 saturated heterocycles. The maximum Gasteiger partial charge on any atom is 0.264 e. The van der Waals surface area contributed by atoms with Crippen molar-refractivity contribution in [1.82, 2.24) is 10.2 Å². The summed E-state index contributed by atoms with van der Waals surface area (Å²) in [5, 5.41) is 11.8. The van der Waals surface area contributed by atoms with Crippen LogP contribution in [0.2, 0.25) is 0 Å². The molecule has 0 aromatic carbocycles. The van der Waals surface area contributed by atoms with Gasteiger partial charge in [0.2, 0.25) is 0 Å². The fraction of sp³-hybridized carbons (Fsp3) is 1.00. The van der Waals surface area contributed by atoms with E-state index < -0.39 is 10.1 Å². The molecule has 6 nitrogen and oxygen atoms in total. The maximum atomic E-state index is 9.95. The Kier molecular flexibility index (Phi) is 9.66. The molecule has 1 aliphatic rings. The molecule has 3 N–H and O–H groups in total. The number of unbranched alkanes of at least 4 members (excludes halogenated alkanes) is 1. The molecule has 17 heavy (non-hydrogen) atoms. The van der Waals surface area contributed by atoms with E-state index in [1.165, 1.54) is 0 Å². The van der Waals surface area contributed by atoms with Crippen molar-refractivity contribution in [1.29, 1.82) is 0 Å². The summed E-state index contributed by atoms with van der Waals surface area (Å²) in [6, 6.07) is 0. The zero-order valence-electron chi connectivity index (χ0n) is 10.4. The van der Waals surface area contributed by atoms with E-state index in [9.17, 15) is 8.42 Å². The van der Waals surface area contributed by atoms with Crippen LogP contribution in [0, 0.1) is 0 Å². The lowest BCUT2D eigenvalue weighted by molar-refractivity contribution is 0.180. The van der Waals surface area contributed by atoms with Gasteiger partial charge in [-0.05, 0) is 6.42 Å². The van der Waals surface area contributed by atoms with Crippen molar-refractivity contribution in [2.24, 2.45) is 0 Å². The molecule has 0 amide bonds. The maximum absolute atomic E-state index is 9.95. The molecule has 0 spiro atoms. The normalized spacial score (nSPS) is 17.4. The van der Waals surface area contributed by atoms with E-state index in [1.807, 2.05) is 6.92 Å². The minimum atomic E-state index is -3.69. The second-order valence-electron chi connectivity index (χ2n) is 3.95. The molecular formula is C10H24N2O4S. The molecule has 0 radical (unpaired) electrons. The average Bonchev–Trinajstić information content (AvgIpc) is 2.28. The Balaban J connectivity index is 0.000000304. The van der Waals surface area contributed by atoms with E-state index in [1.54, 1.807) is 0 Å². The molecule has 1 fully saturated rings. The van der Waals surface area contributed by atoms with Crippen LogP contribution in [0.15, 0.2) is 0 Å². The minimum Gasteiger partial charge on any atom is -0.395 e. The van der Waals surface area contributed by atoms with Crippen LogP contribution >= 0.6 is 0 Å². The van der Waals surface area contributed by atoms with Crippen molar-refractivity contribution in [2.75, 3.05) is 45.1 Å². The summed E-state index contributed by atoms with van der Waals surface area (Å²) in [4.78, 5) is 2.26. The van der Waals surface area contributed by atoms with Crippen molar-refractivity contribution in [3.63, 3.8) is 0 Å². The molecule has 0 aromatic rings. The number of piperazine rings is 1. The van der Waals surface area contributed by atoms with E-state index in [0.29, 0.717) is 13.0 Å². The number of nitrogens with zero attached hydrogens (tertiary/aromatic N) is 1. The van der Waals surface area contributed by atoms with E-state index >= 15 is 0 Å². The third-order valence-electron chi connectivity index (χ3n) is 2.38. The summed E-state index contributed by atoms with van der Waals surface area (Å²) >= 11 is 0. The topological polar surface area (TPSA) is 89.9 Å². The predicted octanol–water partition coefficient (Wildman–Crippen LogP) is -0.442. The van der Waals surface area contributed by atoms with Crippen LogP contribution in [0.25, 0.3) is 0 Å². The van der Waals surface area contributed by atoms with Gasteiger partial charge in [-0.2, -0.15) is 8.42 Å². The van der Waals surface area contributed by atoms with Crippen LogP contribution in [-0.2, 0) is 10.1 Å². The highest BCUT2D eigenvalue weighted by molar-refractivity contribution is 7.85. The highest BCUT2D eigenvalue weighted by Gasteiger charge is 2.06. The van der Waals surface area contributed by atoms with Gasteiger partial charge in [-0.15, -0.1) is 0 Å². The Bertz CT molecular complexity index is 261. The first-order chi connectivity index (χ1) is 7.99. The summed E-state index contributed by atoms with van der Waals surface area (Å²) in [6.07, 6.45) is 1.33. The second kappa shape index (κ2) is 9.78. The predicted molar refractivity (Wildman–Crippen MR) is 67.7 cm³/mol. The number of aliphatic hydroxyl groups excluding tert-OH is 1. The Morgan fingerprint density at radius 1 is 1.29 bits per heavy atom. The Hall–Kier alpha value is -0.210. The first-order valence-corrected chi connectivity index (χ1v) is 7.59. The number of nitrogens with one attached hydrogen (secondary N) is 1. The summed E-state index contributed by atoms with van der Waals surface area (Å²) in [5.41, 5.74) is 0. The van der Waals surface area contributed by atoms with Gasteiger partial charge in [-0.1, -0.05) is 13.3 Å². The van der Waals surface area contributed by atoms with Crippen molar-refractivity contribution in [2.45, 2.75) is 19.8 Å². The Morgan fingerprint density at radius 3 is 2.24 bits per heavy atom. The Labute approximate surface area is 104 Å². The first-order valence-electron chi connectivity index (χ1n) is 5.98. The van der Waals surface area contributed by atoms with Gasteiger partial charge in [0, 0.05) is 32.7 Å². The lowest BCUT2D eigenvalue weighted by Crippen LogP contribution is -2.44. The monoisotopic (exact) mass is 268 g/mol. The van der Waals surface area contributed by atoms with Crippen LogP contribution < -0.4 is 5.32 Å². The quantitative estimate of drug-likeness (QED) is 0.586. The second-order valence-corrected chi connectivity index (χ2v) is 5.53. The standard InChI is InChI=1S/C6H14N2O.C4H10O3S/c9-6-5-8-3-1-7-2-4-8;1-2-3-4-8(5,6)7/h7,9H,1-6H2;2-4H2,1H3,(H,5,6,7). The first kappa shape index (κ1) is 16.8. The Morgan fingerprint density at radius 2 is 1.88 bits per heavy atom. The van der Waals surface area contributed by atoms with Crippen LogP contribution in [-0.4, -0.2) is 68.1 Å². The number of hydrogen-bond acceptors (Lipinski definition) is 5. The van der Waals surface area contributed by atoms with E-state index in [2.05, 4.69) is 10.2 Å². The van der Waals surface area contributed by atoms with Gasteiger partial charge in [0.05, 0.1) is 12.4 Å². The molecule has 0 aliphatic carbocycles. The summed E-state index contributed by atoms with van der Waals surface area (Å²) in [7, 11) is -3.69. The molecule has 0 bridgehead atoms. The molecule has 0 unspecified atom stereocenters. The summed E-state index contributed by atoms with van der Waals surface area (Å²) in [6.45, 7) is 7.30. The number of aliphatic hydroxyl groups is 1. The number of rotatable bonds is 5. The van der Waals surface area contributed by atoms with Gasteiger partial charge in [-0.3, -0.25) is 9.45 Å². The van der Waals surface area contributed by atoms with Gasteiger partial charge < -0.3 is 10.4 Å². The SMILES string of the molecule is CCCCS(=O)(=O)O.OCCN1CCNCC1. The van der Waals surface area contributed by atoms with Crippen LogP contribution in [0.5, 0.6) is 0 Å². The van der Waals surface area contributed by atoms with Gasteiger partial charge in [0.25, 0.3) is 10.1 Å². The van der Waals surface area contributed by atoms with Crippen LogP contribution in [0.3, 0.4) is 0 Å². The summed E-state index contributed by atoms with van der Waals surface area (Å²) in [5.74, 6) is -0.108. The third kappa shape index (κ3) is 12.0. The lowest BCUT2D eigenvalue weighted by Gasteiger charge is -2.25.